The van der Waals surface area contributed by atoms with Gasteiger partial charge < -0.3 is 4.90 Å². The minimum atomic E-state index is 0.458. The van der Waals surface area contributed by atoms with Crippen molar-refractivity contribution >= 4 is 17.5 Å². The molecule has 2 aliphatic heterocycles. The number of halogens is 1. The monoisotopic (exact) mass is 280 g/mol. The minimum Gasteiger partial charge on any atom is -0.339 e. The largest absolute Gasteiger partial charge is 0.339 e. The van der Waals surface area contributed by atoms with E-state index in [1.807, 2.05) is 13.0 Å². The van der Waals surface area contributed by atoms with Gasteiger partial charge in [-0.05, 0) is 45.3 Å². The highest BCUT2D eigenvalue weighted by Gasteiger charge is 2.30. The molecule has 1 unspecified atom stereocenters. The maximum Gasteiger partial charge on any atom is 0.225 e. The lowest BCUT2D eigenvalue weighted by molar-refractivity contribution is 0.260. The second-order valence-electron chi connectivity index (χ2n) is 5.57. The van der Waals surface area contributed by atoms with Crippen molar-refractivity contribution in [2.45, 2.75) is 38.1 Å². The van der Waals surface area contributed by atoms with Gasteiger partial charge in [0.1, 0.15) is 0 Å². The Morgan fingerprint density at radius 1 is 1.26 bits per heavy atom. The van der Waals surface area contributed by atoms with Crippen LogP contribution in [0.3, 0.4) is 0 Å². The maximum atomic E-state index is 5.89. The highest BCUT2D eigenvalue weighted by molar-refractivity contribution is 6.16. The first kappa shape index (κ1) is 13.1. The lowest BCUT2D eigenvalue weighted by atomic mass is 10.2. The molecule has 0 aliphatic carbocycles. The number of rotatable bonds is 3. The molecule has 0 aromatic carbocycles. The molecular formula is C14H21ClN4. The number of nitrogens with zero attached hydrogens (tertiary/aromatic N) is 4. The van der Waals surface area contributed by atoms with Gasteiger partial charge in [-0.3, -0.25) is 4.90 Å². The third kappa shape index (κ3) is 2.84. The van der Waals surface area contributed by atoms with Crippen LogP contribution < -0.4 is 4.90 Å². The van der Waals surface area contributed by atoms with Gasteiger partial charge >= 0.3 is 0 Å². The van der Waals surface area contributed by atoms with E-state index in [0.717, 1.165) is 30.4 Å². The fraction of sp³-hybridized carbons (Fsp3) is 0.714. The lowest BCUT2D eigenvalue weighted by Gasteiger charge is -2.23. The van der Waals surface area contributed by atoms with Crippen LogP contribution in [-0.4, -0.2) is 47.1 Å². The highest BCUT2D eigenvalue weighted by Crippen LogP contribution is 2.23. The number of aromatic nitrogens is 2. The zero-order chi connectivity index (χ0) is 13.2. The summed E-state index contributed by atoms with van der Waals surface area (Å²) in [6, 6.07) is 2.65. The van der Waals surface area contributed by atoms with Crippen molar-refractivity contribution in [1.82, 2.24) is 14.9 Å². The molecule has 0 N–H and O–H groups in total. The first-order valence-corrected chi connectivity index (χ1v) is 7.69. The normalized spacial score (nSPS) is 24.3. The summed E-state index contributed by atoms with van der Waals surface area (Å²) in [6.07, 6.45) is 3.94. The summed E-state index contributed by atoms with van der Waals surface area (Å²) in [7, 11) is 0. The zero-order valence-corrected chi connectivity index (χ0v) is 12.2. The molecule has 2 fully saturated rings. The fourth-order valence-electron chi connectivity index (χ4n) is 3.15. The van der Waals surface area contributed by atoms with Gasteiger partial charge in [0.05, 0.1) is 11.6 Å². The smallest absolute Gasteiger partial charge is 0.225 e. The van der Waals surface area contributed by atoms with E-state index < -0.39 is 0 Å². The number of alkyl halides is 1. The summed E-state index contributed by atoms with van der Waals surface area (Å²) < 4.78 is 0. The molecule has 1 aromatic rings. The van der Waals surface area contributed by atoms with Crippen LogP contribution in [0.5, 0.6) is 0 Å². The van der Waals surface area contributed by atoms with E-state index in [1.165, 1.54) is 32.4 Å². The van der Waals surface area contributed by atoms with E-state index in [-0.39, 0.29) is 0 Å². The van der Waals surface area contributed by atoms with Crippen LogP contribution in [0.2, 0.25) is 0 Å². The SMILES string of the molecule is Cc1cc(CCl)nc(N2CCC(N3CCCC3)C2)n1. The Morgan fingerprint density at radius 3 is 2.79 bits per heavy atom. The van der Waals surface area contributed by atoms with Crippen LogP contribution in [0.4, 0.5) is 5.95 Å². The third-order valence-corrected chi connectivity index (χ3v) is 4.41. The molecule has 0 saturated carbocycles. The van der Waals surface area contributed by atoms with E-state index in [4.69, 9.17) is 11.6 Å². The van der Waals surface area contributed by atoms with Gasteiger partial charge in [-0.15, -0.1) is 11.6 Å². The fourth-order valence-corrected chi connectivity index (χ4v) is 3.29. The molecule has 19 heavy (non-hydrogen) atoms. The number of hydrogen-bond acceptors (Lipinski definition) is 4. The highest BCUT2D eigenvalue weighted by atomic mass is 35.5. The molecule has 2 aliphatic rings. The van der Waals surface area contributed by atoms with Crippen LogP contribution in [0.1, 0.15) is 30.7 Å². The molecule has 3 heterocycles. The Labute approximate surface area is 119 Å². The molecule has 4 nitrogen and oxygen atoms in total. The van der Waals surface area contributed by atoms with Crippen molar-refractivity contribution < 1.29 is 0 Å². The van der Waals surface area contributed by atoms with Crippen molar-refractivity contribution in [2.75, 3.05) is 31.1 Å². The van der Waals surface area contributed by atoms with Crippen LogP contribution in [-0.2, 0) is 5.88 Å². The van der Waals surface area contributed by atoms with Crippen molar-refractivity contribution in [2.24, 2.45) is 0 Å². The average molecular weight is 281 g/mol. The topological polar surface area (TPSA) is 32.3 Å². The molecule has 0 radical (unpaired) electrons. The second kappa shape index (κ2) is 5.63. The van der Waals surface area contributed by atoms with E-state index in [0.29, 0.717) is 11.9 Å². The van der Waals surface area contributed by atoms with E-state index in [1.54, 1.807) is 0 Å². The molecule has 0 amide bonds. The summed E-state index contributed by atoms with van der Waals surface area (Å²) in [6.45, 7) is 6.66. The molecule has 1 aromatic heterocycles. The summed E-state index contributed by atoms with van der Waals surface area (Å²) in [5.74, 6) is 1.32. The first-order valence-electron chi connectivity index (χ1n) is 7.16. The molecule has 1 atom stereocenters. The van der Waals surface area contributed by atoms with Crippen LogP contribution in [0.25, 0.3) is 0 Å². The Balaban J connectivity index is 1.71. The van der Waals surface area contributed by atoms with Gasteiger partial charge in [0.25, 0.3) is 0 Å². The van der Waals surface area contributed by atoms with Gasteiger partial charge in [0, 0.05) is 24.8 Å². The minimum absolute atomic E-state index is 0.458. The number of anilines is 1. The predicted molar refractivity (Wildman–Crippen MR) is 77.8 cm³/mol. The molecule has 104 valence electrons. The summed E-state index contributed by atoms with van der Waals surface area (Å²) in [4.78, 5) is 14.1. The Kier molecular flexibility index (Phi) is 3.89. The number of hydrogen-bond donors (Lipinski definition) is 0. The van der Waals surface area contributed by atoms with Gasteiger partial charge in [0.15, 0.2) is 0 Å². The van der Waals surface area contributed by atoms with E-state index in [9.17, 15) is 0 Å². The molecular weight excluding hydrogens is 260 g/mol. The van der Waals surface area contributed by atoms with Crippen molar-refractivity contribution in [1.29, 1.82) is 0 Å². The molecule has 5 heteroatoms. The van der Waals surface area contributed by atoms with Crippen molar-refractivity contribution in [3.63, 3.8) is 0 Å². The maximum absolute atomic E-state index is 5.89. The number of aryl methyl sites for hydroxylation is 1. The molecule has 0 bridgehead atoms. The second-order valence-corrected chi connectivity index (χ2v) is 5.83. The van der Waals surface area contributed by atoms with Crippen molar-refractivity contribution in [3.05, 3.63) is 17.5 Å². The predicted octanol–water partition coefficient (Wildman–Crippen LogP) is 2.20. The van der Waals surface area contributed by atoms with Gasteiger partial charge in [-0.2, -0.15) is 0 Å². The standard InChI is InChI=1S/C14H21ClN4/c1-11-8-12(9-15)17-14(16-11)19-7-4-13(10-19)18-5-2-3-6-18/h8,13H,2-7,9-10H2,1H3. The Morgan fingerprint density at radius 2 is 2.05 bits per heavy atom. The molecule has 2 saturated heterocycles. The quantitative estimate of drug-likeness (QED) is 0.795. The van der Waals surface area contributed by atoms with Gasteiger partial charge in [-0.1, -0.05) is 0 Å². The van der Waals surface area contributed by atoms with Crippen LogP contribution in [0.15, 0.2) is 6.07 Å². The van der Waals surface area contributed by atoms with E-state index in [2.05, 4.69) is 19.8 Å². The lowest BCUT2D eigenvalue weighted by Crippen LogP contribution is -2.35. The summed E-state index contributed by atoms with van der Waals surface area (Å²) in [5, 5.41) is 0. The summed E-state index contributed by atoms with van der Waals surface area (Å²) >= 11 is 5.89. The van der Waals surface area contributed by atoms with Crippen LogP contribution >= 0.6 is 11.6 Å². The van der Waals surface area contributed by atoms with E-state index >= 15 is 0 Å². The van der Waals surface area contributed by atoms with Gasteiger partial charge in [-0.25, -0.2) is 9.97 Å². The summed E-state index contributed by atoms with van der Waals surface area (Å²) in [5.41, 5.74) is 1.93. The third-order valence-electron chi connectivity index (χ3n) is 4.14. The first-order chi connectivity index (χ1) is 9.26. The molecule has 3 rings (SSSR count). The zero-order valence-electron chi connectivity index (χ0n) is 11.5. The number of likely N-dealkylation sites (tertiary alicyclic amines) is 1. The molecule has 0 spiro atoms. The van der Waals surface area contributed by atoms with Crippen LogP contribution in [0, 0.1) is 6.92 Å². The Hall–Kier alpha value is -0.870. The van der Waals surface area contributed by atoms with Crippen molar-refractivity contribution in [3.8, 4) is 0 Å². The Bertz CT molecular complexity index is 445. The van der Waals surface area contributed by atoms with Gasteiger partial charge in [0.2, 0.25) is 5.95 Å². The average Bonchev–Trinajstić information content (AvgIpc) is 3.08.